The monoisotopic (exact) mass is 670 g/mol. The first-order chi connectivity index (χ1) is 22.4. The highest BCUT2D eigenvalue weighted by Gasteiger charge is 2.60. The summed E-state index contributed by atoms with van der Waals surface area (Å²) in [4.78, 5) is 30.7. The van der Waals surface area contributed by atoms with Crippen molar-refractivity contribution in [3.05, 3.63) is 70.7 Å². The van der Waals surface area contributed by atoms with Gasteiger partial charge in [-0.05, 0) is 102 Å². The molecule has 6 atom stereocenters. The number of piperidine rings is 1. The van der Waals surface area contributed by atoms with Crippen LogP contribution in [-0.2, 0) is 26.8 Å². The molecular formula is C41H58N4O2S. The Labute approximate surface area is 294 Å². The summed E-state index contributed by atoms with van der Waals surface area (Å²) in [6.07, 6.45) is 10.5. The number of nitrogens with one attached hydrogen (secondary N) is 2. The number of amides is 1. The van der Waals surface area contributed by atoms with Crippen molar-refractivity contribution in [2.24, 2.45) is 40.2 Å². The maximum Gasteiger partial charge on any atom is 0.228 e. The standard InChI is InChI=1S/C33H48N2O2.C8H10N2S/c1-30(2,3)20-9-10-25(31(4,5)6)27(17-20)35-29(37)26-12-11-23-22-19-34-28-18-21(36)13-15-33(28,8)24(22)14-16-32(23,26)7;1-2-7-5-6(8(9)11)3-4-10-7/h9-10,17-18,22-24,26,34H,11-16,19H2,1-8H3,(H,35,37);3-5H,2H2,1H3,(H2,9,11)/t22?,23?,24?,26-,32+,33-;/m1./s1. The second-order valence-electron chi connectivity index (χ2n) is 17.4. The van der Waals surface area contributed by atoms with E-state index in [-0.39, 0.29) is 39.3 Å². The first kappa shape index (κ1) is 36.2. The van der Waals surface area contributed by atoms with Gasteiger partial charge in [0.05, 0.1) is 0 Å². The lowest BCUT2D eigenvalue weighted by Crippen LogP contribution is -2.57. The summed E-state index contributed by atoms with van der Waals surface area (Å²) >= 11 is 4.82. The molecule has 260 valence electrons. The second kappa shape index (κ2) is 13.3. The molecule has 1 saturated heterocycles. The third-order valence-electron chi connectivity index (χ3n) is 12.3. The number of pyridine rings is 1. The van der Waals surface area contributed by atoms with Crippen molar-refractivity contribution in [2.75, 3.05) is 11.9 Å². The number of carbonyl (C=O) groups is 2. The van der Waals surface area contributed by atoms with Gasteiger partial charge in [-0.3, -0.25) is 14.6 Å². The van der Waals surface area contributed by atoms with E-state index >= 15 is 0 Å². The summed E-state index contributed by atoms with van der Waals surface area (Å²) in [6, 6.07) is 10.4. The summed E-state index contributed by atoms with van der Waals surface area (Å²) in [7, 11) is 0. The molecule has 2 heterocycles. The van der Waals surface area contributed by atoms with Gasteiger partial charge >= 0.3 is 0 Å². The molecule has 1 aromatic heterocycles. The third kappa shape index (κ3) is 6.99. The normalized spacial score (nSPS) is 29.6. The Hall–Kier alpha value is -3.06. The Morgan fingerprint density at radius 2 is 1.75 bits per heavy atom. The molecule has 2 saturated carbocycles. The molecule has 4 aliphatic rings. The Bertz CT molecular complexity index is 1600. The van der Waals surface area contributed by atoms with E-state index in [1.54, 1.807) is 6.20 Å². The molecule has 0 radical (unpaired) electrons. The third-order valence-corrected chi connectivity index (χ3v) is 12.6. The van der Waals surface area contributed by atoms with Gasteiger partial charge in [0.25, 0.3) is 0 Å². The number of allylic oxidation sites excluding steroid dienone is 2. The van der Waals surface area contributed by atoms with Gasteiger partial charge in [-0.15, -0.1) is 0 Å². The summed E-state index contributed by atoms with van der Waals surface area (Å²) in [6.45, 7) is 21.1. The smallest absolute Gasteiger partial charge is 0.228 e. The van der Waals surface area contributed by atoms with E-state index in [4.69, 9.17) is 18.0 Å². The van der Waals surface area contributed by atoms with Crippen molar-refractivity contribution in [3.8, 4) is 0 Å². The van der Waals surface area contributed by atoms with Crippen LogP contribution < -0.4 is 16.4 Å². The maximum atomic E-state index is 14.0. The minimum Gasteiger partial charge on any atom is -0.389 e. The molecule has 3 unspecified atom stereocenters. The number of hydrogen-bond donors (Lipinski definition) is 3. The van der Waals surface area contributed by atoms with Crippen LogP contribution in [0.3, 0.4) is 0 Å². The van der Waals surface area contributed by atoms with Crippen molar-refractivity contribution in [1.82, 2.24) is 10.3 Å². The number of fused-ring (bicyclic) bond motifs is 5. The lowest BCUT2D eigenvalue weighted by atomic mass is 9.50. The zero-order chi connectivity index (χ0) is 35.2. The zero-order valence-electron chi connectivity index (χ0n) is 30.8. The summed E-state index contributed by atoms with van der Waals surface area (Å²) in [5.74, 6) is 2.24. The number of nitrogens with zero attached hydrogens (tertiary/aromatic N) is 1. The molecule has 2 aromatic rings. The Balaban J connectivity index is 0.000000349. The lowest BCUT2D eigenvalue weighted by molar-refractivity contribution is -0.127. The molecule has 1 aliphatic heterocycles. The predicted molar refractivity (Wildman–Crippen MR) is 201 cm³/mol. The average molecular weight is 671 g/mol. The van der Waals surface area contributed by atoms with Crippen molar-refractivity contribution in [3.63, 3.8) is 0 Å². The molecule has 3 fully saturated rings. The number of hydrogen-bond acceptors (Lipinski definition) is 5. The van der Waals surface area contributed by atoms with Crippen LogP contribution in [0, 0.1) is 34.5 Å². The molecule has 0 spiro atoms. The van der Waals surface area contributed by atoms with E-state index in [9.17, 15) is 9.59 Å². The van der Waals surface area contributed by atoms with Crippen molar-refractivity contribution in [1.29, 1.82) is 0 Å². The minimum atomic E-state index is -0.0466. The number of nitrogens with two attached hydrogens (primary N) is 1. The maximum absolute atomic E-state index is 14.0. The van der Waals surface area contributed by atoms with Gasteiger partial charge in [-0.1, -0.05) is 86.7 Å². The van der Waals surface area contributed by atoms with Crippen LogP contribution in [0.1, 0.15) is 123 Å². The molecule has 1 amide bonds. The van der Waals surface area contributed by atoms with Gasteiger partial charge < -0.3 is 16.4 Å². The molecule has 0 bridgehead atoms. The van der Waals surface area contributed by atoms with E-state index in [1.165, 1.54) is 16.8 Å². The van der Waals surface area contributed by atoms with E-state index in [2.05, 4.69) is 89.2 Å². The van der Waals surface area contributed by atoms with E-state index in [1.807, 2.05) is 25.1 Å². The average Bonchev–Trinajstić information content (AvgIpc) is 3.38. The first-order valence-corrected chi connectivity index (χ1v) is 18.5. The van der Waals surface area contributed by atoms with Gasteiger partial charge in [-0.2, -0.15) is 0 Å². The molecule has 48 heavy (non-hydrogen) atoms. The summed E-state index contributed by atoms with van der Waals surface area (Å²) < 4.78 is 0. The number of ketones is 1. The highest BCUT2D eigenvalue weighted by molar-refractivity contribution is 7.80. The zero-order valence-corrected chi connectivity index (χ0v) is 31.6. The largest absolute Gasteiger partial charge is 0.389 e. The second-order valence-corrected chi connectivity index (χ2v) is 17.8. The van der Waals surface area contributed by atoms with E-state index in [0.29, 0.717) is 29.2 Å². The molecule has 4 N–H and O–H groups in total. The summed E-state index contributed by atoms with van der Waals surface area (Å²) in [5.41, 5.74) is 12.1. The van der Waals surface area contributed by atoms with Crippen LogP contribution >= 0.6 is 12.2 Å². The van der Waals surface area contributed by atoms with Crippen molar-refractivity contribution < 1.29 is 9.59 Å². The van der Waals surface area contributed by atoms with E-state index in [0.717, 1.165) is 62.0 Å². The molecule has 6 nitrogen and oxygen atoms in total. The van der Waals surface area contributed by atoms with E-state index < -0.39 is 0 Å². The number of benzene rings is 1. The molecule has 3 aliphatic carbocycles. The van der Waals surface area contributed by atoms with Crippen LogP contribution in [0.5, 0.6) is 0 Å². The van der Waals surface area contributed by atoms with Crippen molar-refractivity contribution >= 4 is 34.6 Å². The number of carbonyl (C=O) groups excluding carboxylic acids is 2. The fraction of sp³-hybridized carbons (Fsp3) is 0.610. The van der Waals surface area contributed by atoms with Gasteiger partial charge in [0, 0.05) is 59.2 Å². The van der Waals surface area contributed by atoms with Crippen LogP contribution in [0.15, 0.2) is 48.3 Å². The fourth-order valence-corrected chi connectivity index (χ4v) is 9.52. The van der Waals surface area contributed by atoms with Gasteiger partial charge in [0.1, 0.15) is 4.99 Å². The molecule has 6 rings (SSSR count). The topological polar surface area (TPSA) is 97.1 Å². The first-order valence-electron chi connectivity index (χ1n) is 18.1. The molecular weight excluding hydrogens is 613 g/mol. The highest BCUT2D eigenvalue weighted by Crippen LogP contribution is 2.64. The van der Waals surface area contributed by atoms with Crippen LogP contribution in [0.4, 0.5) is 5.69 Å². The number of thiocarbonyl (C=S) groups is 1. The Morgan fingerprint density at radius 1 is 1.02 bits per heavy atom. The van der Waals surface area contributed by atoms with Crippen LogP contribution in [-0.4, -0.2) is 28.2 Å². The summed E-state index contributed by atoms with van der Waals surface area (Å²) in [5, 5.41) is 7.15. The Kier molecular flexibility index (Phi) is 10.1. The quantitative estimate of drug-likeness (QED) is 0.283. The number of anilines is 1. The van der Waals surface area contributed by atoms with Crippen LogP contribution in [0.2, 0.25) is 0 Å². The van der Waals surface area contributed by atoms with Gasteiger partial charge in [-0.25, -0.2) is 0 Å². The Morgan fingerprint density at radius 3 is 2.40 bits per heavy atom. The molecule has 7 heteroatoms. The number of aromatic nitrogens is 1. The highest BCUT2D eigenvalue weighted by atomic mass is 32.1. The SMILES string of the molecule is CC(C)(C)c1ccc(C(C)(C)C)c(NC(=O)[C@H]2CCC3C4CNC5=CC(=O)CC[C@]5(C)C4CC[C@@]32C)c1.CCc1cc(C(N)=S)ccn1. The number of aryl methyl sites for hydroxylation is 1. The minimum absolute atomic E-state index is 0.0263. The predicted octanol–water partition coefficient (Wildman–Crippen LogP) is 8.41. The van der Waals surface area contributed by atoms with Gasteiger partial charge in [0.15, 0.2) is 5.78 Å². The van der Waals surface area contributed by atoms with Crippen LogP contribution in [0.25, 0.3) is 0 Å². The van der Waals surface area contributed by atoms with Crippen molar-refractivity contribution in [2.45, 2.75) is 118 Å². The van der Waals surface area contributed by atoms with Gasteiger partial charge in [0.2, 0.25) is 5.91 Å². The molecule has 1 aromatic carbocycles. The fourth-order valence-electron chi connectivity index (χ4n) is 9.39. The number of rotatable bonds is 4. The lowest BCUT2D eigenvalue weighted by Gasteiger charge is -2.58.